The molecule has 2 nitrogen and oxygen atoms in total. The largest absolute Gasteiger partial charge is 0.573 e. The Bertz CT molecular complexity index is 413. The Morgan fingerprint density at radius 3 is 2.58 bits per heavy atom. The topological polar surface area (TPSA) is 26.3 Å². The lowest BCUT2D eigenvalue weighted by Crippen LogP contribution is -2.17. The van der Waals surface area contributed by atoms with Crippen LogP contribution in [0, 0.1) is 6.92 Å². The molecule has 0 heterocycles. The summed E-state index contributed by atoms with van der Waals surface area (Å²) in [5.74, 6) is -0.534. The smallest absolute Gasteiger partial charge is 0.406 e. The highest BCUT2D eigenvalue weighted by Gasteiger charge is 2.31. The first-order chi connectivity index (χ1) is 8.92. The summed E-state index contributed by atoms with van der Waals surface area (Å²) in [7, 11) is 0. The number of carbonyl (C=O) groups is 1. The van der Waals surface area contributed by atoms with Crippen LogP contribution in [0.5, 0.6) is 5.75 Å². The van der Waals surface area contributed by atoms with Gasteiger partial charge in [-0.05, 0) is 18.6 Å². The second kappa shape index (κ2) is 7.16. The van der Waals surface area contributed by atoms with Crippen LogP contribution in [0.15, 0.2) is 24.3 Å². The van der Waals surface area contributed by atoms with E-state index in [-0.39, 0.29) is 17.1 Å². The number of ether oxygens (including phenoxy) is 1. The minimum atomic E-state index is -4.74. The number of Topliss-reactive ketones (excluding diaryl/α,β-unsaturated/α-hetero) is 1. The van der Waals surface area contributed by atoms with Gasteiger partial charge in [-0.15, -0.1) is 13.2 Å². The number of benzene rings is 1. The van der Waals surface area contributed by atoms with Crippen molar-refractivity contribution in [3.8, 4) is 5.75 Å². The van der Waals surface area contributed by atoms with Crippen molar-refractivity contribution in [2.75, 3.05) is 0 Å². The minimum Gasteiger partial charge on any atom is -0.406 e. The van der Waals surface area contributed by atoms with Crippen molar-refractivity contribution < 1.29 is 22.7 Å². The molecule has 0 bridgehead atoms. The molecule has 0 amide bonds. The molecule has 1 aromatic carbocycles. The number of unbranched alkanes of at least 4 members (excludes halogenated alkanes) is 3. The van der Waals surface area contributed by atoms with E-state index in [4.69, 9.17) is 0 Å². The summed E-state index contributed by atoms with van der Waals surface area (Å²) in [5, 5.41) is 0. The van der Waals surface area contributed by atoms with Crippen molar-refractivity contribution >= 4 is 5.78 Å². The van der Waals surface area contributed by atoms with Gasteiger partial charge in [0.05, 0.1) is 0 Å². The molecule has 19 heavy (non-hydrogen) atoms. The number of ketones is 1. The number of alkyl halides is 3. The van der Waals surface area contributed by atoms with E-state index in [1.54, 1.807) is 0 Å². The first kappa shape index (κ1) is 15.5. The summed E-state index contributed by atoms with van der Waals surface area (Å²) < 4.78 is 39.9. The average Bonchev–Trinajstić information content (AvgIpc) is 2.32. The van der Waals surface area contributed by atoms with Crippen LogP contribution in [-0.2, 0) is 0 Å². The molecule has 0 saturated heterocycles. The molecule has 0 unspecified atom stereocenters. The van der Waals surface area contributed by atoms with E-state index in [9.17, 15) is 18.0 Å². The van der Waals surface area contributed by atoms with E-state index in [0.29, 0.717) is 6.42 Å². The van der Waals surface area contributed by atoms with Crippen LogP contribution in [0.4, 0.5) is 13.2 Å². The highest BCUT2D eigenvalue weighted by atomic mass is 19.4. The zero-order valence-corrected chi connectivity index (χ0v) is 10.5. The Kier molecular flexibility index (Phi) is 5.86. The van der Waals surface area contributed by atoms with E-state index in [1.807, 2.05) is 0 Å². The normalized spacial score (nSPS) is 11.4. The molecule has 0 atom stereocenters. The van der Waals surface area contributed by atoms with Crippen LogP contribution in [0.3, 0.4) is 0 Å². The molecule has 0 spiro atoms. The predicted octanol–water partition coefficient (Wildman–Crippen LogP) is 4.55. The summed E-state index contributed by atoms with van der Waals surface area (Å²) in [6, 6.07) is 5.17. The van der Waals surface area contributed by atoms with E-state index < -0.39 is 6.36 Å². The SMILES string of the molecule is [CH2]CCCCCC(=O)c1cccc(OC(F)(F)F)c1. The van der Waals surface area contributed by atoms with E-state index in [0.717, 1.165) is 31.7 Å². The molecule has 1 rings (SSSR count). The van der Waals surface area contributed by atoms with Crippen LogP contribution < -0.4 is 4.74 Å². The van der Waals surface area contributed by atoms with Crippen molar-refractivity contribution in [1.29, 1.82) is 0 Å². The van der Waals surface area contributed by atoms with E-state index >= 15 is 0 Å². The molecule has 0 N–H and O–H groups in total. The first-order valence-corrected chi connectivity index (χ1v) is 6.10. The second-order valence-electron chi connectivity index (χ2n) is 4.16. The first-order valence-electron chi connectivity index (χ1n) is 6.10. The summed E-state index contributed by atoms with van der Waals surface area (Å²) >= 11 is 0. The lowest BCUT2D eigenvalue weighted by molar-refractivity contribution is -0.274. The van der Waals surface area contributed by atoms with Gasteiger partial charge in [0.15, 0.2) is 5.78 Å². The van der Waals surface area contributed by atoms with Crippen molar-refractivity contribution in [3.63, 3.8) is 0 Å². The highest BCUT2D eigenvalue weighted by Crippen LogP contribution is 2.24. The van der Waals surface area contributed by atoms with Gasteiger partial charge < -0.3 is 4.74 Å². The standard InChI is InChI=1S/C14H16F3O2/c1-2-3-4-5-9-13(18)11-7-6-8-12(10-11)19-14(15,16)17/h6-8,10H,1-5,9H2. The molecule has 0 aliphatic carbocycles. The molecule has 105 valence electrons. The summed E-state index contributed by atoms with van der Waals surface area (Å²) in [5.41, 5.74) is 0.247. The Balaban J connectivity index is 2.58. The van der Waals surface area contributed by atoms with Crippen LogP contribution in [0.2, 0.25) is 0 Å². The molecule has 0 fully saturated rings. The Labute approximate surface area is 110 Å². The fourth-order valence-electron chi connectivity index (χ4n) is 1.65. The fraction of sp³-hybridized carbons (Fsp3) is 0.429. The Morgan fingerprint density at radius 2 is 1.95 bits per heavy atom. The Hall–Kier alpha value is -1.52. The maximum Gasteiger partial charge on any atom is 0.573 e. The van der Waals surface area contributed by atoms with Gasteiger partial charge in [0, 0.05) is 12.0 Å². The Morgan fingerprint density at radius 1 is 1.21 bits per heavy atom. The maximum atomic E-state index is 12.0. The zero-order chi connectivity index (χ0) is 14.3. The van der Waals surface area contributed by atoms with Gasteiger partial charge in [0.2, 0.25) is 0 Å². The number of hydrogen-bond acceptors (Lipinski definition) is 2. The average molecular weight is 273 g/mol. The van der Waals surface area contributed by atoms with E-state index in [1.165, 1.54) is 18.2 Å². The number of carbonyl (C=O) groups excluding carboxylic acids is 1. The molecular formula is C14H16F3O2. The molecule has 0 aliphatic rings. The van der Waals surface area contributed by atoms with Gasteiger partial charge in [0.1, 0.15) is 5.75 Å². The molecule has 1 radical (unpaired) electrons. The van der Waals surface area contributed by atoms with Gasteiger partial charge >= 0.3 is 6.36 Å². The number of halogens is 3. The van der Waals surface area contributed by atoms with Crippen LogP contribution >= 0.6 is 0 Å². The number of rotatable bonds is 7. The summed E-state index contributed by atoms with van der Waals surface area (Å²) in [4.78, 5) is 11.8. The second-order valence-corrected chi connectivity index (χ2v) is 4.16. The molecule has 5 heteroatoms. The van der Waals surface area contributed by atoms with Crippen molar-refractivity contribution in [2.24, 2.45) is 0 Å². The molecule has 0 aromatic heterocycles. The molecule has 0 aliphatic heterocycles. The third kappa shape index (κ3) is 6.27. The lowest BCUT2D eigenvalue weighted by Gasteiger charge is -2.09. The monoisotopic (exact) mass is 273 g/mol. The summed E-state index contributed by atoms with van der Waals surface area (Å²) in [6.07, 6.45) is -1.02. The highest BCUT2D eigenvalue weighted by molar-refractivity contribution is 5.96. The third-order valence-corrected chi connectivity index (χ3v) is 2.54. The fourth-order valence-corrected chi connectivity index (χ4v) is 1.65. The van der Waals surface area contributed by atoms with E-state index in [2.05, 4.69) is 11.7 Å². The van der Waals surface area contributed by atoms with Crippen LogP contribution in [0.1, 0.15) is 42.5 Å². The molecular weight excluding hydrogens is 257 g/mol. The van der Waals surface area contributed by atoms with Crippen molar-refractivity contribution in [1.82, 2.24) is 0 Å². The van der Waals surface area contributed by atoms with Gasteiger partial charge in [-0.1, -0.05) is 38.3 Å². The number of hydrogen-bond donors (Lipinski definition) is 0. The van der Waals surface area contributed by atoms with Crippen LogP contribution in [0.25, 0.3) is 0 Å². The van der Waals surface area contributed by atoms with Crippen LogP contribution in [-0.4, -0.2) is 12.1 Å². The zero-order valence-electron chi connectivity index (χ0n) is 10.5. The third-order valence-electron chi connectivity index (χ3n) is 2.54. The van der Waals surface area contributed by atoms with Gasteiger partial charge in [-0.25, -0.2) is 0 Å². The summed E-state index contributed by atoms with van der Waals surface area (Å²) in [6.45, 7) is 3.70. The quantitative estimate of drug-likeness (QED) is 0.538. The maximum absolute atomic E-state index is 12.0. The lowest BCUT2D eigenvalue weighted by atomic mass is 10.0. The van der Waals surface area contributed by atoms with Gasteiger partial charge in [-0.2, -0.15) is 0 Å². The molecule has 1 aromatic rings. The molecule has 0 saturated carbocycles. The van der Waals surface area contributed by atoms with Crippen molar-refractivity contribution in [3.05, 3.63) is 36.8 Å². The van der Waals surface area contributed by atoms with Gasteiger partial charge in [0.25, 0.3) is 0 Å². The predicted molar refractivity (Wildman–Crippen MR) is 65.9 cm³/mol. The van der Waals surface area contributed by atoms with Crippen molar-refractivity contribution in [2.45, 2.75) is 38.5 Å². The minimum absolute atomic E-state index is 0.170. The van der Waals surface area contributed by atoms with Gasteiger partial charge in [-0.3, -0.25) is 4.79 Å².